The van der Waals surface area contributed by atoms with Crippen molar-refractivity contribution in [1.29, 1.82) is 0 Å². The van der Waals surface area contributed by atoms with Crippen LogP contribution in [0.5, 0.6) is 0 Å². The summed E-state index contributed by atoms with van der Waals surface area (Å²) in [7, 11) is 6.01. The monoisotopic (exact) mass is 799 g/mol. The van der Waals surface area contributed by atoms with Crippen molar-refractivity contribution in [2.45, 2.75) is 19.3 Å². The molecule has 0 aliphatic rings. The Hall–Kier alpha value is -3.54. The molecule has 0 aromatic rings. The summed E-state index contributed by atoms with van der Waals surface area (Å²) in [4.78, 5) is 78.0. The summed E-state index contributed by atoms with van der Waals surface area (Å²) in [5, 5.41) is 0. The van der Waals surface area contributed by atoms with Crippen LogP contribution < -0.4 is 0 Å². The molecule has 0 unspecified atom stereocenters. The molecule has 5 amide bonds. The Balaban J connectivity index is 5.01. The molecule has 0 aromatic carbocycles. The zero-order valence-corrected chi connectivity index (χ0v) is 32.7. The van der Waals surface area contributed by atoms with Crippen molar-refractivity contribution >= 4 is 36.4 Å². The van der Waals surface area contributed by atoms with E-state index in [1.165, 1.54) is 7.05 Å². The van der Waals surface area contributed by atoms with Crippen LogP contribution in [0.15, 0.2) is 0 Å². The van der Waals surface area contributed by atoms with E-state index < -0.39 is 49.5 Å². The number of methoxy groups -OCH3 is 3. The van der Waals surface area contributed by atoms with Crippen LogP contribution in [-0.2, 0) is 76.0 Å². The number of nitrogens with zero attached hydrogens (tertiary/aromatic N) is 3. The molecule has 0 spiro atoms. The third kappa shape index (κ3) is 30.4. The maximum Gasteiger partial charge on any atom is 0.334 e. The molecular formula is C34H61N3O18. The van der Waals surface area contributed by atoms with Crippen LogP contribution in [0.1, 0.15) is 19.3 Å². The number of carbonyl (C=O) groups excluding carboxylic acids is 6. The van der Waals surface area contributed by atoms with Crippen molar-refractivity contribution in [3.63, 3.8) is 0 Å². The number of hydrogen-bond donors (Lipinski definition) is 0. The Labute approximate surface area is 322 Å². The average Bonchev–Trinajstić information content (AvgIpc) is 3.18. The lowest BCUT2D eigenvalue weighted by Gasteiger charge is -2.29. The molecule has 0 aromatic heterocycles. The van der Waals surface area contributed by atoms with Gasteiger partial charge in [0.2, 0.25) is 6.41 Å². The first kappa shape index (κ1) is 51.5. The Bertz CT molecular complexity index is 1020. The molecule has 0 rings (SSSR count). The van der Waals surface area contributed by atoms with Gasteiger partial charge in [0, 0.05) is 48.0 Å². The highest BCUT2D eigenvalue weighted by atomic mass is 16.6. The second-order valence-corrected chi connectivity index (χ2v) is 11.0. The molecule has 0 radical (unpaired) electrons. The summed E-state index contributed by atoms with van der Waals surface area (Å²) in [6.07, 6.45) is -0.866. The summed E-state index contributed by atoms with van der Waals surface area (Å²) in [5.74, 6) is -2.09. The molecule has 0 aliphatic carbocycles. The molecule has 0 N–H and O–H groups in total. The molecule has 0 bridgehead atoms. The maximum absolute atomic E-state index is 13.4. The maximum atomic E-state index is 13.4. The van der Waals surface area contributed by atoms with Crippen molar-refractivity contribution in [1.82, 2.24) is 14.7 Å². The Morgan fingerprint density at radius 1 is 0.418 bits per heavy atom. The lowest BCUT2D eigenvalue weighted by atomic mass is 10.3. The summed E-state index contributed by atoms with van der Waals surface area (Å²) in [6, 6.07) is -2.02. The van der Waals surface area contributed by atoms with Gasteiger partial charge in [-0.25, -0.2) is 14.5 Å². The van der Waals surface area contributed by atoms with Crippen molar-refractivity contribution in [2.24, 2.45) is 0 Å². The van der Waals surface area contributed by atoms with Crippen LogP contribution in [0.2, 0.25) is 0 Å². The fourth-order valence-electron chi connectivity index (χ4n) is 3.85. The molecule has 0 atom stereocenters. The first-order valence-electron chi connectivity index (χ1n) is 17.9. The first-order chi connectivity index (χ1) is 26.7. The summed E-state index contributed by atoms with van der Waals surface area (Å²) >= 11 is 0. The fourth-order valence-corrected chi connectivity index (χ4v) is 3.85. The minimum atomic E-state index is -1.10. The smallest absolute Gasteiger partial charge is 0.334 e. The number of urea groups is 2. The number of ether oxygens (including phenoxy) is 12. The van der Waals surface area contributed by atoms with E-state index in [2.05, 4.69) is 0 Å². The molecule has 21 nitrogen and oxygen atoms in total. The largest absolute Gasteiger partial charge is 0.463 e. The normalized spacial score (nSPS) is 10.8. The van der Waals surface area contributed by atoms with Gasteiger partial charge in [0.25, 0.3) is 0 Å². The fraction of sp³-hybridized carbons (Fsp3) is 0.824. The van der Waals surface area contributed by atoms with Gasteiger partial charge in [-0.1, -0.05) is 0 Å². The van der Waals surface area contributed by atoms with Crippen LogP contribution in [0, 0.1) is 0 Å². The van der Waals surface area contributed by atoms with Crippen LogP contribution in [-0.4, -0.2) is 218 Å². The van der Waals surface area contributed by atoms with Crippen molar-refractivity contribution in [3.8, 4) is 0 Å². The van der Waals surface area contributed by atoms with Gasteiger partial charge in [0.05, 0.1) is 118 Å². The van der Waals surface area contributed by atoms with E-state index in [1.54, 1.807) is 21.3 Å². The third-order valence-electron chi connectivity index (χ3n) is 6.79. The average molecular weight is 800 g/mol. The number of hydrogen-bond acceptors (Lipinski definition) is 18. The molecule has 0 fully saturated rings. The molecule has 0 aliphatic heterocycles. The summed E-state index contributed by atoms with van der Waals surface area (Å²) < 4.78 is 61.7. The zero-order valence-electron chi connectivity index (χ0n) is 32.7. The van der Waals surface area contributed by atoms with Crippen LogP contribution >= 0.6 is 0 Å². The van der Waals surface area contributed by atoms with E-state index in [-0.39, 0.29) is 78.7 Å². The minimum Gasteiger partial charge on any atom is -0.463 e. The van der Waals surface area contributed by atoms with Gasteiger partial charge in [-0.2, -0.15) is 0 Å². The summed E-state index contributed by atoms with van der Waals surface area (Å²) in [5.41, 5.74) is 0. The van der Waals surface area contributed by atoms with E-state index in [4.69, 9.17) is 56.8 Å². The number of imide groups is 2. The molecule has 0 heterocycles. The zero-order chi connectivity index (χ0) is 40.8. The lowest BCUT2D eigenvalue weighted by Crippen LogP contribution is -2.51. The second kappa shape index (κ2) is 37.4. The molecular weight excluding hydrogens is 738 g/mol. The van der Waals surface area contributed by atoms with E-state index in [0.29, 0.717) is 75.9 Å². The number of carbonyl (C=O) groups is 6. The Morgan fingerprint density at radius 2 is 0.727 bits per heavy atom. The predicted molar refractivity (Wildman–Crippen MR) is 190 cm³/mol. The number of esters is 3. The molecule has 320 valence electrons. The van der Waals surface area contributed by atoms with E-state index >= 15 is 0 Å². The van der Waals surface area contributed by atoms with E-state index in [1.807, 2.05) is 0 Å². The number of amides is 5. The lowest BCUT2D eigenvalue weighted by molar-refractivity contribution is -0.146. The number of rotatable bonds is 37. The van der Waals surface area contributed by atoms with Crippen molar-refractivity contribution < 1.29 is 85.6 Å². The Morgan fingerprint density at radius 3 is 1.07 bits per heavy atom. The van der Waals surface area contributed by atoms with Gasteiger partial charge in [-0.05, 0) is 0 Å². The third-order valence-corrected chi connectivity index (χ3v) is 6.79. The van der Waals surface area contributed by atoms with Crippen LogP contribution in [0.25, 0.3) is 0 Å². The van der Waals surface area contributed by atoms with Gasteiger partial charge < -0.3 is 61.7 Å². The highest BCUT2D eigenvalue weighted by Gasteiger charge is 2.30. The van der Waals surface area contributed by atoms with Gasteiger partial charge in [0.1, 0.15) is 19.8 Å². The first-order valence-corrected chi connectivity index (χ1v) is 17.9. The topological polar surface area (TPSA) is 223 Å². The Kier molecular flexibility index (Phi) is 35.0. The van der Waals surface area contributed by atoms with Crippen LogP contribution in [0.4, 0.5) is 9.59 Å². The van der Waals surface area contributed by atoms with Crippen LogP contribution in [0.3, 0.4) is 0 Å². The van der Waals surface area contributed by atoms with E-state index in [9.17, 15) is 28.8 Å². The standard InChI is InChI=1S/C34H61N3O18/c1-35(8-5-30(39)53-26-23-50-20-17-47-14-11-44-2)33(42)37(10-7-32(41)55-28-25-52-22-19-49-16-13-46-4)34(43)36(29-38)9-6-31(40)54-27-24-51-21-18-48-15-12-45-3/h29H,5-28H2,1-4H3. The van der Waals surface area contributed by atoms with Gasteiger partial charge in [-0.3, -0.25) is 24.1 Å². The van der Waals surface area contributed by atoms with Gasteiger partial charge >= 0.3 is 30.0 Å². The molecule has 55 heavy (non-hydrogen) atoms. The molecule has 0 saturated heterocycles. The quantitative estimate of drug-likeness (QED) is 0.0342. The van der Waals surface area contributed by atoms with Gasteiger partial charge in [0.15, 0.2) is 0 Å². The molecule has 21 heteroatoms. The second-order valence-electron chi connectivity index (χ2n) is 11.0. The highest BCUT2D eigenvalue weighted by Crippen LogP contribution is 2.08. The predicted octanol–water partition coefficient (Wildman–Crippen LogP) is -0.243. The van der Waals surface area contributed by atoms with Gasteiger partial charge in [-0.15, -0.1) is 0 Å². The summed E-state index contributed by atoms with van der Waals surface area (Å²) in [6.45, 7) is 3.57. The SMILES string of the molecule is COCCOCCOCCOC(=O)CCN(C)C(=O)N(CCC(=O)OCCOCCOCCOC)C(=O)N(C=O)CCC(=O)OCCOCCOCCOC. The minimum absolute atomic E-state index is 0.0253. The van der Waals surface area contributed by atoms with Crippen molar-refractivity contribution in [2.75, 3.05) is 167 Å². The highest BCUT2D eigenvalue weighted by molar-refractivity contribution is 5.98. The molecule has 0 saturated carbocycles. The van der Waals surface area contributed by atoms with E-state index in [0.717, 1.165) is 4.90 Å². The van der Waals surface area contributed by atoms with Crippen molar-refractivity contribution in [3.05, 3.63) is 0 Å².